The molecule has 1 aliphatic rings. The summed E-state index contributed by atoms with van der Waals surface area (Å²) in [6.45, 7) is 3.44. The maximum atomic E-state index is 12.4. The number of carbonyl (C=O) groups excluding carboxylic acids is 2. The standard InChI is InChI=1S/C27H30N4O3/c1-30(19-26(32)28-23-9-7-22(8-10-23)21-5-3-2-4-6-21)20-27(33)29-24-11-13-25(14-12-24)31-15-17-34-18-16-31/h2-14H,15-20H2,1H3,(H,28,32)(H,29,33). The monoisotopic (exact) mass is 458 g/mol. The molecule has 0 bridgehead atoms. The molecular weight excluding hydrogens is 428 g/mol. The highest BCUT2D eigenvalue weighted by atomic mass is 16.5. The fourth-order valence-corrected chi connectivity index (χ4v) is 3.90. The number of anilines is 3. The lowest BCUT2D eigenvalue weighted by Crippen LogP contribution is -2.36. The first-order valence-electron chi connectivity index (χ1n) is 11.4. The summed E-state index contributed by atoms with van der Waals surface area (Å²) >= 11 is 0. The third kappa shape index (κ3) is 6.66. The first-order chi connectivity index (χ1) is 16.6. The number of hydrogen-bond acceptors (Lipinski definition) is 5. The van der Waals surface area contributed by atoms with Crippen molar-refractivity contribution < 1.29 is 14.3 Å². The van der Waals surface area contributed by atoms with Crippen molar-refractivity contribution in [2.45, 2.75) is 0 Å². The Morgan fingerprint density at radius 3 is 1.82 bits per heavy atom. The van der Waals surface area contributed by atoms with Crippen LogP contribution in [-0.4, -0.2) is 63.2 Å². The number of nitrogens with one attached hydrogen (secondary N) is 2. The van der Waals surface area contributed by atoms with Gasteiger partial charge in [-0.05, 0) is 54.6 Å². The zero-order chi connectivity index (χ0) is 23.8. The number of benzene rings is 3. The Labute approximate surface area is 200 Å². The second-order valence-corrected chi connectivity index (χ2v) is 8.36. The number of likely N-dealkylation sites (N-methyl/N-ethyl adjacent to an activating group) is 1. The molecule has 0 radical (unpaired) electrons. The normalized spacial score (nSPS) is 13.5. The first-order valence-corrected chi connectivity index (χ1v) is 11.4. The number of nitrogens with zero attached hydrogens (tertiary/aromatic N) is 2. The van der Waals surface area contributed by atoms with E-state index in [0.29, 0.717) is 0 Å². The van der Waals surface area contributed by atoms with E-state index in [1.54, 1.807) is 11.9 Å². The van der Waals surface area contributed by atoms with E-state index in [-0.39, 0.29) is 24.9 Å². The number of amides is 2. The van der Waals surface area contributed by atoms with Crippen LogP contribution in [0.3, 0.4) is 0 Å². The molecule has 0 unspecified atom stereocenters. The molecule has 34 heavy (non-hydrogen) atoms. The SMILES string of the molecule is CN(CC(=O)Nc1ccc(-c2ccccc2)cc1)CC(=O)Nc1ccc(N2CCOCC2)cc1. The van der Waals surface area contributed by atoms with Gasteiger partial charge in [0.2, 0.25) is 11.8 Å². The number of hydrogen-bond donors (Lipinski definition) is 2. The van der Waals surface area contributed by atoms with Crippen molar-refractivity contribution >= 4 is 28.9 Å². The highest BCUT2D eigenvalue weighted by molar-refractivity contribution is 5.95. The van der Waals surface area contributed by atoms with Gasteiger partial charge in [-0.3, -0.25) is 14.5 Å². The minimum atomic E-state index is -0.169. The Balaban J connectivity index is 1.21. The molecule has 7 nitrogen and oxygen atoms in total. The third-order valence-electron chi connectivity index (χ3n) is 5.63. The highest BCUT2D eigenvalue weighted by Crippen LogP contribution is 2.21. The van der Waals surface area contributed by atoms with Crippen LogP contribution in [0.2, 0.25) is 0 Å². The molecule has 2 N–H and O–H groups in total. The van der Waals surface area contributed by atoms with Crippen molar-refractivity contribution in [3.05, 3.63) is 78.9 Å². The summed E-state index contributed by atoms with van der Waals surface area (Å²) in [4.78, 5) is 28.8. The van der Waals surface area contributed by atoms with Crippen molar-refractivity contribution in [1.29, 1.82) is 0 Å². The summed E-state index contributed by atoms with van der Waals surface area (Å²) in [7, 11) is 1.75. The number of rotatable bonds is 8. The summed E-state index contributed by atoms with van der Waals surface area (Å²) in [6.07, 6.45) is 0. The minimum Gasteiger partial charge on any atom is -0.378 e. The van der Waals surface area contributed by atoms with E-state index in [1.165, 1.54) is 0 Å². The zero-order valence-corrected chi connectivity index (χ0v) is 19.4. The van der Waals surface area contributed by atoms with Gasteiger partial charge < -0.3 is 20.3 Å². The summed E-state index contributed by atoms with van der Waals surface area (Å²) in [5.41, 5.74) is 4.79. The van der Waals surface area contributed by atoms with Crippen LogP contribution in [0, 0.1) is 0 Å². The van der Waals surface area contributed by atoms with Gasteiger partial charge in [0.15, 0.2) is 0 Å². The minimum absolute atomic E-state index is 0.115. The van der Waals surface area contributed by atoms with Crippen LogP contribution < -0.4 is 15.5 Å². The largest absolute Gasteiger partial charge is 0.378 e. The van der Waals surface area contributed by atoms with E-state index in [0.717, 1.165) is 54.5 Å². The van der Waals surface area contributed by atoms with E-state index in [2.05, 4.69) is 15.5 Å². The molecule has 1 aliphatic heterocycles. The highest BCUT2D eigenvalue weighted by Gasteiger charge is 2.13. The van der Waals surface area contributed by atoms with Crippen LogP contribution in [0.25, 0.3) is 11.1 Å². The first kappa shape index (κ1) is 23.5. The van der Waals surface area contributed by atoms with Gasteiger partial charge in [0, 0.05) is 30.2 Å². The van der Waals surface area contributed by atoms with Crippen LogP contribution in [0.1, 0.15) is 0 Å². The Morgan fingerprint density at radius 1 is 0.765 bits per heavy atom. The van der Waals surface area contributed by atoms with Gasteiger partial charge in [-0.1, -0.05) is 42.5 Å². The number of morpholine rings is 1. The second-order valence-electron chi connectivity index (χ2n) is 8.36. The van der Waals surface area contributed by atoms with Crippen LogP contribution in [0.5, 0.6) is 0 Å². The molecule has 0 aromatic heterocycles. The van der Waals surface area contributed by atoms with Crippen LogP contribution in [-0.2, 0) is 14.3 Å². The molecule has 0 saturated carbocycles. The van der Waals surface area contributed by atoms with Crippen molar-refractivity contribution in [2.24, 2.45) is 0 Å². The van der Waals surface area contributed by atoms with E-state index in [9.17, 15) is 9.59 Å². The zero-order valence-electron chi connectivity index (χ0n) is 19.4. The lowest BCUT2D eigenvalue weighted by atomic mass is 10.1. The van der Waals surface area contributed by atoms with Crippen molar-refractivity contribution in [3.8, 4) is 11.1 Å². The van der Waals surface area contributed by atoms with E-state index in [4.69, 9.17) is 4.74 Å². The quantitative estimate of drug-likeness (QED) is 0.539. The molecule has 0 spiro atoms. The van der Waals surface area contributed by atoms with Crippen LogP contribution in [0.15, 0.2) is 78.9 Å². The smallest absolute Gasteiger partial charge is 0.238 e. The average Bonchev–Trinajstić information content (AvgIpc) is 2.86. The van der Waals surface area contributed by atoms with Gasteiger partial charge in [-0.15, -0.1) is 0 Å². The van der Waals surface area contributed by atoms with Gasteiger partial charge in [0.05, 0.1) is 26.3 Å². The second kappa shape index (κ2) is 11.4. The predicted octanol–water partition coefficient (Wildman–Crippen LogP) is 3.70. The Bertz CT molecular complexity index is 1080. The molecule has 1 heterocycles. The Morgan fingerprint density at radius 2 is 1.26 bits per heavy atom. The molecule has 0 atom stereocenters. The molecule has 3 aromatic rings. The van der Waals surface area contributed by atoms with Crippen LogP contribution in [0.4, 0.5) is 17.1 Å². The van der Waals surface area contributed by atoms with E-state index >= 15 is 0 Å². The summed E-state index contributed by atoms with van der Waals surface area (Å²) in [5.74, 6) is -0.334. The summed E-state index contributed by atoms with van der Waals surface area (Å²) in [5, 5.41) is 5.78. The molecule has 0 aliphatic carbocycles. The molecular formula is C27H30N4O3. The third-order valence-corrected chi connectivity index (χ3v) is 5.63. The van der Waals surface area contributed by atoms with Gasteiger partial charge in [-0.25, -0.2) is 0 Å². The Hall–Kier alpha value is -3.68. The van der Waals surface area contributed by atoms with Crippen molar-refractivity contribution in [3.63, 3.8) is 0 Å². The summed E-state index contributed by atoms with van der Waals surface area (Å²) < 4.78 is 5.38. The Kier molecular flexibility index (Phi) is 7.91. The topological polar surface area (TPSA) is 73.9 Å². The molecule has 3 aromatic carbocycles. The van der Waals surface area contributed by atoms with Crippen molar-refractivity contribution in [1.82, 2.24) is 4.90 Å². The van der Waals surface area contributed by atoms with Gasteiger partial charge in [-0.2, -0.15) is 0 Å². The molecule has 1 fully saturated rings. The maximum absolute atomic E-state index is 12.4. The van der Waals surface area contributed by atoms with Gasteiger partial charge >= 0.3 is 0 Å². The molecule has 7 heteroatoms. The number of ether oxygens (including phenoxy) is 1. The lowest BCUT2D eigenvalue weighted by Gasteiger charge is -2.28. The van der Waals surface area contributed by atoms with E-state index < -0.39 is 0 Å². The molecule has 176 valence electrons. The van der Waals surface area contributed by atoms with E-state index in [1.807, 2.05) is 78.9 Å². The molecule has 4 rings (SSSR count). The van der Waals surface area contributed by atoms with Gasteiger partial charge in [0.25, 0.3) is 0 Å². The fraction of sp³-hybridized carbons (Fsp3) is 0.259. The van der Waals surface area contributed by atoms with Gasteiger partial charge in [0.1, 0.15) is 0 Å². The fourth-order valence-electron chi connectivity index (χ4n) is 3.90. The maximum Gasteiger partial charge on any atom is 0.238 e. The average molecular weight is 459 g/mol. The van der Waals surface area contributed by atoms with Crippen LogP contribution >= 0.6 is 0 Å². The predicted molar refractivity (Wildman–Crippen MR) is 136 cm³/mol. The summed E-state index contributed by atoms with van der Waals surface area (Å²) in [6, 6.07) is 25.6. The molecule has 2 amide bonds. The van der Waals surface area contributed by atoms with Crippen molar-refractivity contribution in [2.75, 3.05) is 62.0 Å². The lowest BCUT2D eigenvalue weighted by molar-refractivity contribution is -0.119. The number of carbonyl (C=O) groups is 2. The molecule has 1 saturated heterocycles.